The van der Waals surface area contributed by atoms with Gasteiger partial charge in [-0.2, -0.15) is 4.98 Å². The molecule has 2 rings (SSSR count). The second kappa shape index (κ2) is 3.61. The van der Waals surface area contributed by atoms with E-state index in [9.17, 15) is 4.79 Å². The molecule has 15 heavy (non-hydrogen) atoms. The van der Waals surface area contributed by atoms with Gasteiger partial charge in [0.15, 0.2) is 5.58 Å². The lowest BCUT2D eigenvalue weighted by Crippen LogP contribution is -2.00. The number of nitrogens with zero attached hydrogens (tertiary/aromatic N) is 1. The van der Waals surface area contributed by atoms with Crippen LogP contribution in [0, 0.1) is 0 Å². The van der Waals surface area contributed by atoms with Crippen molar-refractivity contribution in [2.45, 2.75) is 0 Å². The number of benzene rings is 1. The largest absolute Gasteiger partial charge is 0.465 e. The van der Waals surface area contributed by atoms with Gasteiger partial charge in [-0.3, -0.25) is 0 Å². The third kappa shape index (κ3) is 1.63. The van der Waals surface area contributed by atoms with E-state index in [2.05, 4.69) is 15.0 Å². The van der Waals surface area contributed by atoms with Crippen molar-refractivity contribution in [3.63, 3.8) is 0 Å². The third-order valence-corrected chi connectivity index (χ3v) is 2.02. The highest BCUT2D eigenvalue weighted by atomic mass is 16.5. The lowest BCUT2D eigenvalue weighted by atomic mass is 10.2. The molecule has 1 aromatic carbocycles. The molecule has 0 radical (unpaired) electrons. The molecule has 0 saturated carbocycles. The van der Waals surface area contributed by atoms with Crippen molar-refractivity contribution >= 4 is 23.1 Å². The zero-order valence-corrected chi connectivity index (χ0v) is 8.40. The molecular weight excluding hydrogens is 196 g/mol. The molecule has 5 heteroatoms. The lowest BCUT2D eigenvalue weighted by molar-refractivity contribution is 0.0601. The van der Waals surface area contributed by atoms with Crippen molar-refractivity contribution < 1.29 is 13.9 Å². The van der Waals surface area contributed by atoms with Gasteiger partial charge in [-0.1, -0.05) is 0 Å². The fourth-order valence-corrected chi connectivity index (χ4v) is 1.28. The number of nitrogens with one attached hydrogen (secondary N) is 1. The molecule has 5 nitrogen and oxygen atoms in total. The number of rotatable bonds is 2. The van der Waals surface area contributed by atoms with Gasteiger partial charge in [-0.05, 0) is 18.2 Å². The predicted molar refractivity (Wildman–Crippen MR) is 54.9 cm³/mol. The summed E-state index contributed by atoms with van der Waals surface area (Å²) in [5.74, 6) is -0.383. The predicted octanol–water partition coefficient (Wildman–Crippen LogP) is 1.66. The first-order valence-electron chi connectivity index (χ1n) is 4.41. The van der Waals surface area contributed by atoms with Gasteiger partial charge in [0.25, 0.3) is 6.01 Å². The Bertz CT molecular complexity index is 504. The van der Waals surface area contributed by atoms with Crippen LogP contribution in [0.2, 0.25) is 0 Å². The van der Waals surface area contributed by atoms with Crippen molar-refractivity contribution in [2.75, 3.05) is 19.5 Å². The Kier molecular flexibility index (Phi) is 2.29. The molecule has 0 unspecified atom stereocenters. The first-order valence-corrected chi connectivity index (χ1v) is 4.41. The summed E-state index contributed by atoms with van der Waals surface area (Å²) in [4.78, 5) is 15.4. The molecule has 1 heterocycles. The first-order chi connectivity index (χ1) is 7.24. The van der Waals surface area contributed by atoms with Crippen LogP contribution >= 0.6 is 0 Å². The molecule has 0 amide bonds. The van der Waals surface area contributed by atoms with E-state index in [0.29, 0.717) is 22.7 Å². The number of carbonyl (C=O) groups is 1. The van der Waals surface area contributed by atoms with Crippen LogP contribution in [0.25, 0.3) is 11.1 Å². The number of oxazole rings is 1. The van der Waals surface area contributed by atoms with E-state index in [1.165, 1.54) is 7.11 Å². The van der Waals surface area contributed by atoms with Gasteiger partial charge in [0, 0.05) is 7.05 Å². The Morgan fingerprint density at radius 2 is 2.33 bits per heavy atom. The molecule has 0 fully saturated rings. The quantitative estimate of drug-likeness (QED) is 0.757. The minimum Gasteiger partial charge on any atom is -0.465 e. The number of methoxy groups -OCH3 is 1. The highest BCUT2D eigenvalue weighted by molar-refractivity contribution is 5.93. The molecule has 0 aliphatic carbocycles. The van der Waals surface area contributed by atoms with Gasteiger partial charge >= 0.3 is 5.97 Å². The van der Waals surface area contributed by atoms with Crippen molar-refractivity contribution in [1.82, 2.24) is 4.98 Å². The maximum Gasteiger partial charge on any atom is 0.337 e. The van der Waals surface area contributed by atoms with Crippen molar-refractivity contribution in [3.8, 4) is 0 Å². The second-order valence-corrected chi connectivity index (χ2v) is 2.94. The van der Waals surface area contributed by atoms with Crippen LogP contribution in [0.5, 0.6) is 0 Å². The summed E-state index contributed by atoms with van der Waals surface area (Å²) in [7, 11) is 3.06. The van der Waals surface area contributed by atoms with Crippen molar-refractivity contribution in [2.24, 2.45) is 0 Å². The molecule has 2 aromatic rings. The zero-order valence-electron chi connectivity index (χ0n) is 8.40. The van der Waals surface area contributed by atoms with Gasteiger partial charge in [0.05, 0.1) is 12.7 Å². The molecule has 1 N–H and O–H groups in total. The molecule has 0 aliphatic heterocycles. The van der Waals surface area contributed by atoms with E-state index in [4.69, 9.17) is 4.42 Å². The van der Waals surface area contributed by atoms with E-state index in [1.807, 2.05) is 0 Å². The Balaban J connectivity index is 2.50. The third-order valence-electron chi connectivity index (χ3n) is 2.02. The minimum absolute atomic E-state index is 0.383. The number of ether oxygens (including phenoxy) is 1. The van der Waals surface area contributed by atoms with Crippen LogP contribution in [-0.2, 0) is 4.74 Å². The van der Waals surface area contributed by atoms with Crippen LogP contribution in [-0.4, -0.2) is 25.1 Å². The maximum absolute atomic E-state index is 11.2. The van der Waals surface area contributed by atoms with Crippen LogP contribution in [0.3, 0.4) is 0 Å². The summed E-state index contributed by atoms with van der Waals surface area (Å²) >= 11 is 0. The minimum atomic E-state index is -0.383. The average molecular weight is 206 g/mol. The van der Waals surface area contributed by atoms with Gasteiger partial charge < -0.3 is 14.5 Å². The van der Waals surface area contributed by atoms with E-state index in [-0.39, 0.29) is 5.97 Å². The fraction of sp³-hybridized carbons (Fsp3) is 0.200. The highest BCUT2D eigenvalue weighted by Gasteiger charge is 2.09. The van der Waals surface area contributed by atoms with Crippen LogP contribution < -0.4 is 5.32 Å². The highest BCUT2D eigenvalue weighted by Crippen LogP contribution is 2.19. The van der Waals surface area contributed by atoms with E-state index in [1.54, 1.807) is 25.2 Å². The SMILES string of the molecule is CNc1nc2cc(C(=O)OC)ccc2o1. The maximum atomic E-state index is 11.2. The molecule has 0 saturated heterocycles. The van der Waals surface area contributed by atoms with Crippen molar-refractivity contribution in [3.05, 3.63) is 23.8 Å². The van der Waals surface area contributed by atoms with Crippen LogP contribution in [0.4, 0.5) is 6.01 Å². The van der Waals surface area contributed by atoms with Crippen LogP contribution in [0.1, 0.15) is 10.4 Å². The van der Waals surface area contributed by atoms with Gasteiger partial charge in [0.2, 0.25) is 0 Å². The topological polar surface area (TPSA) is 64.4 Å². The Morgan fingerprint density at radius 1 is 1.53 bits per heavy atom. The zero-order chi connectivity index (χ0) is 10.8. The average Bonchev–Trinajstić information content (AvgIpc) is 2.69. The van der Waals surface area contributed by atoms with Gasteiger partial charge in [-0.25, -0.2) is 4.79 Å². The van der Waals surface area contributed by atoms with Crippen molar-refractivity contribution in [1.29, 1.82) is 0 Å². The number of hydrogen-bond donors (Lipinski definition) is 1. The summed E-state index contributed by atoms with van der Waals surface area (Å²) in [6, 6.07) is 5.38. The standard InChI is InChI=1S/C10H10N2O3/c1-11-10-12-7-5-6(9(13)14-2)3-4-8(7)15-10/h3-5H,1-2H3,(H,11,12). The smallest absolute Gasteiger partial charge is 0.337 e. The summed E-state index contributed by atoms with van der Waals surface area (Å²) in [6.45, 7) is 0. The van der Waals surface area contributed by atoms with E-state index < -0.39 is 0 Å². The lowest BCUT2D eigenvalue weighted by Gasteiger charge is -1.96. The monoisotopic (exact) mass is 206 g/mol. The van der Waals surface area contributed by atoms with Crippen LogP contribution in [0.15, 0.2) is 22.6 Å². The summed E-state index contributed by atoms with van der Waals surface area (Å²) in [6.07, 6.45) is 0. The normalized spacial score (nSPS) is 10.3. The van der Waals surface area contributed by atoms with E-state index in [0.717, 1.165) is 0 Å². The fourth-order valence-electron chi connectivity index (χ4n) is 1.28. The number of fused-ring (bicyclic) bond motifs is 1. The number of aromatic nitrogens is 1. The first kappa shape index (κ1) is 9.51. The summed E-state index contributed by atoms with van der Waals surface area (Å²) < 4.78 is 9.92. The number of esters is 1. The van der Waals surface area contributed by atoms with Gasteiger partial charge in [-0.15, -0.1) is 0 Å². The van der Waals surface area contributed by atoms with Gasteiger partial charge in [0.1, 0.15) is 5.52 Å². The number of hydrogen-bond acceptors (Lipinski definition) is 5. The Morgan fingerprint density at radius 3 is 3.00 bits per heavy atom. The molecule has 1 aromatic heterocycles. The molecule has 0 spiro atoms. The molecule has 78 valence electrons. The summed E-state index contributed by atoms with van der Waals surface area (Å²) in [5.41, 5.74) is 1.72. The molecular formula is C10H10N2O3. The number of anilines is 1. The molecule has 0 atom stereocenters. The number of carbonyl (C=O) groups excluding carboxylic acids is 1. The Hall–Kier alpha value is -2.04. The second-order valence-electron chi connectivity index (χ2n) is 2.94. The summed E-state index contributed by atoms with van der Waals surface area (Å²) in [5, 5.41) is 2.79. The van der Waals surface area contributed by atoms with E-state index >= 15 is 0 Å². The Labute approximate surface area is 86.0 Å². The molecule has 0 bridgehead atoms. The molecule has 0 aliphatic rings.